The fourth-order valence-corrected chi connectivity index (χ4v) is 1.96. The smallest absolute Gasteiger partial charge is 0.139 e. The molecule has 2 rings (SSSR count). The van der Waals surface area contributed by atoms with E-state index in [1.165, 1.54) is 5.69 Å². The van der Waals surface area contributed by atoms with Gasteiger partial charge in [-0.15, -0.1) is 0 Å². The van der Waals surface area contributed by atoms with Gasteiger partial charge in [-0.3, -0.25) is 0 Å². The minimum Gasteiger partial charge on any atom is -0.331 e. The van der Waals surface area contributed by atoms with Crippen molar-refractivity contribution in [1.82, 2.24) is 9.55 Å². The Kier molecular flexibility index (Phi) is 3.41. The summed E-state index contributed by atoms with van der Waals surface area (Å²) in [5, 5.41) is 0. The molecule has 2 aromatic rings. The minimum absolute atomic E-state index is 0.652. The molecule has 1 heterocycles. The van der Waals surface area contributed by atoms with E-state index < -0.39 is 0 Å². The summed E-state index contributed by atoms with van der Waals surface area (Å²) in [7, 11) is 2.02. The zero-order valence-corrected chi connectivity index (χ0v) is 10.7. The van der Waals surface area contributed by atoms with Gasteiger partial charge in [0.15, 0.2) is 0 Å². The van der Waals surface area contributed by atoms with Gasteiger partial charge in [0.2, 0.25) is 0 Å². The van der Waals surface area contributed by atoms with Gasteiger partial charge < -0.3 is 10.3 Å². The van der Waals surface area contributed by atoms with Gasteiger partial charge in [-0.05, 0) is 18.7 Å². The summed E-state index contributed by atoms with van der Waals surface area (Å²) in [6.45, 7) is 0.652. The minimum atomic E-state index is 0.652. The van der Waals surface area contributed by atoms with Crippen LogP contribution in [0.1, 0.15) is 5.69 Å². The summed E-state index contributed by atoms with van der Waals surface area (Å²) in [4.78, 5) is 4.43. The van der Waals surface area contributed by atoms with Gasteiger partial charge in [-0.2, -0.15) is 0 Å². The molecule has 84 valence electrons. The van der Waals surface area contributed by atoms with Crippen LogP contribution in [0.5, 0.6) is 0 Å². The molecule has 0 atom stereocenters. The molecule has 0 radical (unpaired) electrons. The Labute approximate surface area is 103 Å². The Hall–Kier alpha value is -1.13. The van der Waals surface area contributed by atoms with Gasteiger partial charge in [-0.25, -0.2) is 4.98 Å². The molecule has 2 N–H and O–H groups in total. The predicted molar refractivity (Wildman–Crippen MR) is 69.1 cm³/mol. The van der Waals surface area contributed by atoms with Gasteiger partial charge in [0, 0.05) is 35.4 Å². The normalized spacial score (nSPS) is 10.7. The van der Waals surface area contributed by atoms with Crippen molar-refractivity contribution >= 4 is 15.9 Å². The third-order valence-corrected chi connectivity index (χ3v) is 3.12. The molecular weight excluding hydrogens is 266 g/mol. The van der Waals surface area contributed by atoms with Crippen LogP contribution in [0, 0.1) is 0 Å². The van der Waals surface area contributed by atoms with E-state index in [0.717, 1.165) is 22.3 Å². The Bertz CT molecular complexity index is 474. The van der Waals surface area contributed by atoms with Gasteiger partial charge in [0.05, 0.1) is 0 Å². The van der Waals surface area contributed by atoms with Crippen LogP contribution in [-0.4, -0.2) is 16.1 Å². The van der Waals surface area contributed by atoms with Crippen LogP contribution >= 0.6 is 15.9 Å². The number of rotatable bonds is 3. The molecule has 0 aliphatic carbocycles. The fourth-order valence-electron chi connectivity index (χ4n) is 1.69. The quantitative estimate of drug-likeness (QED) is 0.938. The number of hydrogen-bond acceptors (Lipinski definition) is 2. The molecule has 0 aliphatic heterocycles. The molecule has 4 heteroatoms. The Morgan fingerprint density at radius 1 is 1.31 bits per heavy atom. The molecule has 0 unspecified atom stereocenters. The molecule has 0 spiro atoms. The average molecular weight is 280 g/mol. The largest absolute Gasteiger partial charge is 0.331 e. The number of nitrogens with two attached hydrogens (primary N) is 1. The number of hydrogen-bond donors (Lipinski definition) is 1. The van der Waals surface area contributed by atoms with Crippen LogP contribution in [0.3, 0.4) is 0 Å². The number of nitrogens with zero attached hydrogens (tertiary/aromatic N) is 2. The SMILES string of the molecule is Cn1c(CCN)cnc1-c1ccc(Br)cc1. The fraction of sp³-hybridized carbons (Fsp3) is 0.250. The molecule has 16 heavy (non-hydrogen) atoms. The molecule has 0 amide bonds. The molecular formula is C12H14BrN3. The third-order valence-electron chi connectivity index (χ3n) is 2.59. The molecule has 0 saturated heterocycles. The summed E-state index contributed by atoms with van der Waals surface area (Å²) in [5.41, 5.74) is 7.84. The van der Waals surface area contributed by atoms with Gasteiger partial charge in [0.25, 0.3) is 0 Å². The van der Waals surface area contributed by atoms with Crippen molar-refractivity contribution < 1.29 is 0 Å². The lowest BCUT2D eigenvalue weighted by molar-refractivity contribution is 0.811. The average Bonchev–Trinajstić information content (AvgIpc) is 2.63. The van der Waals surface area contributed by atoms with E-state index >= 15 is 0 Å². The topological polar surface area (TPSA) is 43.8 Å². The van der Waals surface area contributed by atoms with Crippen LogP contribution in [0.2, 0.25) is 0 Å². The van der Waals surface area contributed by atoms with Crippen LogP contribution < -0.4 is 5.73 Å². The number of imidazole rings is 1. The lowest BCUT2D eigenvalue weighted by Gasteiger charge is -2.05. The second-order valence-electron chi connectivity index (χ2n) is 3.68. The van der Waals surface area contributed by atoms with Gasteiger partial charge in [0.1, 0.15) is 5.82 Å². The zero-order valence-electron chi connectivity index (χ0n) is 9.15. The van der Waals surface area contributed by atoms with Crippen molar-refractivity contribution in [2.75, 3.05) is 6.54 Å². The first-order chi connectivity index (χ1) is 7.72. The molecule has 0 aliphatic rings. The van der Waals surface area contributed by atoms with E-state index in [4.69, 9.17) is 5.73 Å². The summed E-state index contributed by atoms with van der Waals surface area (Å²) in [6, 6.07) is 8.15. The summed E-state index contributed by atoms with van der Waals surface area (Å²) in [5.74, 6) is 0.982. The monoisotopic (exact) mass is 279 g/mol. The standard InChI is InChI=1S/C12H14BrN3/c1-16-11(6-7-14)8-15-12(16)9-2-4-10(13)5-3-9/h2-5,8H,6-7,14H2,1H3. The first-order valence-corrected chi connectivity index (χ1v) is 5.98. The van der Waals surface area contributed by atoms with E-state index in [-0.39, 0.29) is 0 Å². The zero-order chi connectivity index (χ0) is 11.5. The van der Waals surface area contributed by atoms with Crippen molar-refractivity contribution in [3.05, 3.63) is 40.6 Å². The van der Waals surface area contributed by atoms with Crippen molar-refractivity contribution in [2.45, 2.75) is 6.42 Å². The highest BCUT2D eigenvalue weighted by atomic mass is 79.9. The molecule has 0 fully saturated rings. The van der Waals surface area contributed by atoms with Crippen molar-refractivity contribution in [1.29, 1.82) is 0 Å². The summed E-state index contributed by atoms with van der Waals surface area (Å²) < 4.78 is 3.17. The molecule has 0 saturated carbocycles. The first kappa shape index (κ1) is 11.4. The Balaban J connectivity index is 2.37. The number of halogens is 1. The van der Waals surface area contributed by atoms with E-state index in [9.17, 15) is 0 Å². The molecule has 1 aromatic carbocycles. The molecule has 0 bridgehead atoms. The van der Waals surface area contributed by atoms with Gasteiger partial charge >= 0.3 is 0 Å². The highest BCUT2D eigenvalue weighted by Gasteiger charge is 2.07. The summed E-state index contributed by atoms with van der Waals surface area (Å²) >= 11 is 3.42. The van der Waals surface area contributed by atoms with E-state index in [0.29, 0.717) is 6.54 Å². The number of aromatic nitrogens is 2. The Morgan fingerprint density at radius 3 is 2.62 bits per heavy atom. The lowest BCUT2D eigenvalue weighted by atomic mass is 10.2. The maximum Gasteiger partial charge on any atom is 0.139 e. The first-order valence-electron chi connectivity index (χ1n) is 5.19. The van der Waals surface area contributed by atoms with Crippen molar-refractivity contribution in [3.63, 3.8) is 0 Å². The van der Waals surface area contributed by atoms with E-state index in [1.54, 1.807) is 0 Å². The Morgan fingerprint density at radius 2 is 2.00 bits per heavy atom. The lowest BCUT2D eigenvalue weighted by Crippen LogP contribution is -2.07. The highest BCUT2D eigenvalue weighted by Crippen LogP contribution is 2.21. The third kappa shape index (κ3) is 2.18. The molecule has 1 aromatic heterocycles. The van der Waals surface area contributed by atoms with Crippen molar-refractivity contribution in [2.24, 2.45) is 12.8 Å². The van der Waals surface area contributed by atoms with Crippen molar-refractivity contribution in [3.8, 4) is 11.4 Å². The van der Waals surface area contributed by atoms with Crippen LogP contribution in [0.4, 0.5) is 0 Å². The predicted octanol–water partition coefficient (Wildman–Crippen LogP) is 2.35. The second kappa shape index (κ2) is 4.80. The van der Waals surface area contributed by atoms with Crippen LogP contribution in [0.25, 0.3) is 11.4 Å². The highest BCUT2D eigenvalue weighted by molar-refractivity contribution is 9.10. The maximum absolute atomic E-state index is 5.55. The maximum atomic E-state index is 5.55. The molecule has 3 nitrogen and oxygen atoms in total. The van der Waals surface area contributed by atoms with Crippen LogP contribution in [-0.2, 0) is 13.5 Å². The van der Waals surface area contributed by atoms with Gasteiger partial charge in [-0.1, -0.05) is 28.1 Å². The summed E-state index contributed by atoms with van der Waals surface area (Å²) in [6.07, 6.45) is 2.75. The second-order valence-corrected chi connectivity index (χ2v) is 4.59. The number of benzene rings is 1. The van der Waals surface area contributed by atoms with E-state index in [2.05, 4.69) is 37.6 Å². The van der Waals surface area contributed by atoms with Crippen LogP contribution in [0.15, 0.2) is 34.9 Å². The van der Waals surface area contributed by atoms with E-state index in [1.807, 2.05) is 25.4 Å².